The fourth-order valence-corrected chi connectivity index (χ4v) is 2.38. The van der Waals surface area contributed by atoms with Crippen molar-refractivity contribution < 1.29 is 4.79 Å². The predicted octanol–water partition coefficient (Wildman–Crippen LogP) is 3.99. The molecule has 0 N–H and O–H groups in total. The molecule has 0 bridgehead atoms. The molecule has 1 amide bonds. The highest BCUT2D eigenvalue weighted by molar-refractivity contribution is 5.91. The van der Waals surface area contributed by atoms with Crippen LogP contribution in [0.5, 0.6) is 0 Å². The summed E-state index contributed by atoms with van der Waals surface area (Å²) in [5.74, 6) is -0.0539. The maximum absolute atomic E-state index is 12.4. The van der Waals surface area contributed by atoms with E-state index in [1.807, 2.05) is 55.5 Å². The molecule has 0 heterocycles. The van der Waals surface area contributed by atoms with Gasteiger partial charge in [-0.2, -0.15) is 5.26 Å². The van der Waals surface area contributed by atoms with Crippen LogP contribution in [0.4, 0.5) is 0 Å². The van der Waals surface area contributed by atoms with Crippen LogP contribution in [-0.4, -0.2) is 23.9 Å². The second-order valence-corrected chi connectivity index (χ2v) is 5.71. The van der Waals surface area contributed by atoms with Gasteiger partial charge in [0.15, 0.2) is 0 Å². The summed E-state index contributed by atoms with van der Waals surface area (Å²) in [5.41, 5.74) is 3.38. The smallest absolute Gasteiger partial charge is 0.246 e. The number of nitriles is 1. The summed E-state index contributed by atoms with van der Waals surface area (Å²) in [6, 6.07) is 20.2. The lowest BCUT2D eigenvalue weighted by molar-refractivity contribution is -0.125. The minimum atomic E-state index is -0.0539. The van der Waals surface area contributed by atoms with Crippen LogP contribution in [0.2, 0.25) is 0 Å². The topological polar surface area (TPSA) is 44.1 Å². The molecule has 24 heavy (non-hydrogen) atoms. The summed E-state index contributed by atoms with van der Waals surface area (Å²) in [6.07, 6.45) is 4.55. The summed E-state index contributed by atoms with van der Waals surface area (Å²) in [5, 5.41) is 8.81. The fourth-order valence-electron chi connectivity index (χ4n) is 2.38. The second-order valence-electron chi connectivity index (χ2n) is 5.71. The minimum absolute atomic E-state index is 0.0539. The van der Waals surface area contributed by atoms with E-state index >= 15 is 0 Å². The van der Waals surface area contributed by atoms with E-state index < -0.39 is 0 Å². The van der Waals surface area contributed by atoms with Crippen LogP contribution in [0.1, 0.15) is 23.1 Å². The van der Waals surface area contributed by atoms with Crippen LogP contribution >= 0.6 is 0 Å². The van der Waals surface area contributed by atoms with Crippen molar-refractivity contribution >= 4 is 12.0 Å². The van der Waals surface area contributed by atoms with Crippen LogP contribution in [0.3, 0.4) is 0 Å². The molecule has 0 unspecified atom stereocenters. The monoisotopic (exact) mass is 318 g/mol. The van der Waals surface area contributed by atoms with Gasteiger partial charge in [-0.25, -0.2) is 0 Å². The van der Waals surface area contributed by atoms with Crippen molar-refractivity contribution in [3.8, 4) is 6.07 Å². The number of aryl methyl sites for hydroxylation is 1. The van der Waals surface area contributed by atoms with Gasteiger partial charge in [-0.3, -0.25) is 4.79 Å². The molecule has 0 radical (unpaired) electrons. The molecule has 0 aliphatic rings. The minimum Gasteiger partial charge on any atom is -0.338 e. The van der Waals surface area contributed by atoms with Gasteiger partial charge >= 0.3 is 0 Å². The number of nitrogens with zero attached hydrogens (tertiary/aromatic N) is 2. The summed E-state index contributed by atoms with van der Waals surface area (Å²) in [4.78, 5) is 14.2. The van der Waals surface area contributed by atoms with E-state index in [-0.39, 0.29) is 5.91 Å². The van der Waals surface area contributed by atoms with E-state index in [4.69, 9.17) is 5.26 Å². The molecule has 0 atom stereocenters. The number of rotatable bonds is 7. The average molecular weight is 318 g/mol. The first kappa shape index (κ1) is 17.5. The lowest BCUT2D eigenvalue weighted by Crippen LogP contribution is -2.32. The molecule has 0 aliphatic carbocycles. The van der Waals surface area contributed by atoms with Crippen LogP contribution in [-0.2, 0) is 11.2 Å². The van der Waals surface area contributed by atoms with Gasteiger partial charge in [-0.05, 0) is 30.5 Å². The van der Waals surface area contributed by atoms with Crippen molar-refractivity contribution in [2.45, 2.75) is 19.8 Å². The molecule has 2 aromatic rings. The lowest BCUT2D eigenvalue weighted by Gasteiger charge is -2.20. The Morgan fingerprint density at radius 1 is 1.08 bits per heavy atom. The van der Waals surface area contributed by atoms with E-state index in [0.717, 1.165) is 12.0 Å². The molecular weight excluding hydrogens is 296 g/mol. The van der Waals surface area contributed by atoms with Crippen molar-refractivity contribution in [2.75, 3.05) is 13.1 Å². The Balaban J connectivity index is 1.98. The first-order valence-corrected chi connectivity index (χ1v) is 8.13. The lowest BCUT2D eigenvalue weighted by atomic mass is 10.1. The molecule has 3 heteroatoms. The van der Waals surface area contributed by atoms with Crippen molar-refractivity contribution in [1.82, 2.24) is 4.90 Å². The molecule has 2 aromatic carbocycles. The van der Waals surface area contributed by atoms with Gasteiger partial charge < -0.3 is 4.90 Å². The molecule has 0 saturated heterocycles. The third kappa shape index (κ3) is 5.73. The van der Waals surface area contributed by atoms with Crippen LogP contribution in [0.25, 0.3) is 6.08 Å². The van der Waals surface area contributed by atoms with Gasteiger partial charge in [0, 0.05) is 19.2 Å². The van der Waals surface area contributed by atoms with Crippen molar-refractivity contribution in [3.05, 3.63) is 77.4 Å². The Bertz CT molecular complexity index is 712. The zero-order valence-corrected chi connectivity index (χ0v) is 14.0. The van der Waals surface area contributed by atoms with Crippen molar-refractivity contribution in [3.63, 3.8) is 0 Å². The number of hydrogen-bond donors (Lipinski definition) is 0. The normalized spacial score (nSPS) is 10.5. The Morgan fingerprint density at radius 3 is 2.46 bits per heavy atom. The standard InChI is InChI=1S/C21H22N2O/c1-18-8-10-20(11-9-18)12-13-21(24)23(16-5-15-22)17-14-19-6-3-2-4-7-19/h2-4,6-13H,5,14,16-17H2,1H3/b13-12+. The van der Waals surface area contributed by atoms with Crippen molar-refractivity contribution in [1.29, 1.82) is 5.26 Å². The highest BCUT2D eigenvalue weighted by Gasteiger charge is 2.10. The maximum Gasteiger partial charge on any atom is 0.246 e. The number of carbonyl (C=O) groups excluding carboxylic acids is 1. The third-order valence-electron chi connectivity index (χ3n) is 3.81. The van der Waals surface area contributed by atoms with Crippen LogP contribution < -0.4 is 0 Å². The van der Waals surface area contributed by atoms with E-state index in [0.29, 0.717) is 19.5 Å². The first-order valence-electron chi connectivity index (χ1n) is 8.13. The second kappa shape index (κ2) is 9.32. The zero-order chi connectivity index (χ0) is 17.2. The number of benzene rings is 2. The summed E-state index contributed by atoms with van der Waals surface area (Å²) >= 11 is 0. The number of amides is 1. The van der Waals surface area contributed by atoms with Gasteiger partial charge in [-0.1, -0.05) is 60.2 Å². The molecule has 0 spiro atoms. The molecule has 2 rings (SSSR count). The quantitative estimate of drug-likeness (QED) is 0.724. The number of carbonyl (C=O) groups is 1. The van der Waals surface area contributed by atoms with E-state index in [2.05, 4.69) is 18.2 Å². The Kier molecular flexibility index (Phi) is 6.79. The van der Waals surface area contributed by atoms with Gasteiger partial charge in [0.2, 0.25) is 5.91 Å². The molecule has 0 fully saturated rings. The van der Waals surface area contributed by atoms with Gasteiger partial charge in [0.05, 0.1) is 12.5 Å². The Morgan fingerprint density at radius 2 is 1.79 bits per heavy atom. The third-order valence-corrected chi connectivity index (χ3v) is 3.81. The van der Waals surface area contributed by atoms with Gasteiger partial charge in [0.25, 0.3) is 0 Å². The Hall–Kier alpha value is -2.86. The fraction of sp³-hybridized carbons (Fsp3) is 0.238. The summed E-state index contributed by atoms with van der Waals surface area (Å²) in [7, 11) is 0. The van der Waals surface area contributed by atoms with Gasteiger partial charge in [-0.15, -0.1) is 0 Å². The SMILES string of the molecule is Cc1ccc(/C=C/C(=O)N(CCC#N)CCc2ccccc2)cc1. The average Bonchev–Trinajstić information content (AvgIpc) is 2.62. The van der Waals surface area contributed by atoms with Crippen LogP contribution in [0, 0.1) is 18.3 Å². The highest BCUT2D eigenvalue weighted by Crippen LogP contribution is 2.07. The molecular formula is C21H22N2O. The maximum atomic E-state index is 12.4. The molecule has 0 saturated carbocycles. The summed E-state index contributed by atoms with van der Waals surface area (Å²) < 4.78 is 0. The van der Waals surface area contributed by atoms with Crippen LogP contribution in [0.15, 0.2) is 60.7 Å². The molecule has 122 valence electrons. The number of hydrogen-bond acceptors (Lipinski definition) is 2. The van der Waals surface area contributed by atoms with E-state index in [1.165, 1.54) is 11.1 Å². The van der Waals surface area contributed by atoms with E-state index in [1.54, 1.807) is 11.0 Å². The van der Waals surface area contributed by atoms with Gasteiger partial charge in [0.1, 0.15) is 0 Å². The molecule has 0 aliphatic heterocycles. The zero-order valence-electron chi connectivity index (χ0n) is 14.0. The molecule has 0 aromatic heterocycles. The van der Waals surface area contributed by atoms with E-state index in [9.17, 15) is 4.79 Å². The summed E-state index contributed by atoms with van der Waals surface area (Å²) in [6.45, 7) is 3.11. The first-order chi connectivity index (χ1) is 11.7. The largest absolute Gasteiger partial charge is 0.338 e. The van der Waals surface area contributed by atoms with Crippen molar-refractivity contribution in [2.24, 2.45) is 0 Å². The highest BCUT2D eigenvalue weighted by atomic mass is 16.2. The Labute approximate surface area is 143 Å². The predicted molar refractivity (Wildman–Crippen MR) is 97.2 cm³/mol. The molecule has 3 nitrogen and oxygen atoms in total.